The molecule has 0 bridgehead atoms. The first kappa shape index (κ1) is 15.4. The minimum absolute atomic E-state index is 0.156. The van der Waals surface area contributed by atoms with Crippen LogP contribution in [0.5, 0.6) is 0 Å². The summed E-state index contributed by atoms with van der Waals surface area (Å²) in [6.45, 7) is 2.89. The summed E-state index contributed by atoms with van der Waals surface area (Å²) in [4.78, 5) is 0. The lowest BCUT2D eigenvalue weighted by atomic mass is 9.96. The van der Waals surface area contributed by atoms with Gasteiger partial charge in [0.05, 0.1) is 0 Å². The SMILES string of the molecule is Cc1cc(C(O)C(F)(F)C(F)(F)F)c(C)cc1Br. The van der Waals surface area contributed by atoms with E-state index in [-0.39, 0.29) is 5.56 Å². The lowest BCUT2D eigenvalue weighted by Crippen LogP contribution is -2.42. The molecule has 0 aliphatic heterocycles. The maximum atomic E-state index is 13.0. The van der Waals surface area contributed by atoms with Crippen molar-refractivity contribution < 1.29 is 27.1 Å². The molecular weight excluding hydrogens is 323 g/mol. The summed E-state index contributed by atoms with van der Waals surface area (Å²) in [6.07, 6.45) is -8.70. The molecule has 1 aromatic carbocycles. The Labute approximate surface area is 109 Å². The molecule has 1 aromatic rings. The molecule has 0 heterocycles. The first-order valence-electron chi connectivity index (χ1n) is 4.87. The number of halogens is 6. The molecule has 0 fully saturated rings. The van der Waals surface area contributed by atoms with Gasteiger partial charge in [-0.05, 0) is 36.6 Å². The molecule has 0 spiro atoms. The molecule has 0 aliphatic rings. The largest absolute Gasteiger partial charge is 0.456 e. The molecule has 0 amide bonds. The van der Waals surface area contributed by atoms with Crippen LogP contribution in [0, 0.1) is 13.8 Å². The Balaban J connectivity index is 3.27. The fourth-order valence-electron chi connectivity index (χ4n) is 1.45. The molecule has 0 saturated heterocycles. The third-order valence-corrected chi connectivity index (χ3v) is 3.42. The number of aliphatic hydroxyl groups is 1. The fourth-order valence-corrected chi connectivity index (χ4v) is 1.91. The average Bonchev–Trinajstić information content (AvgIpc) is 2.20. The van der Waals surface area contributed by atoms with E-state index in [1.54, 1.807) is 0 Å². The van der Waals surface area contributed by atoms with E-state index in [0.717, 1.165) is 6.07 Å². The Morgan fingerprint density at radius 1 is 1.06 bits per heavy atom. The van der Waals surface area contributed by atoms with Crippen LogP contribution < -0.4 is 0 Å². The lowest BCUT2D eigenvalue weighted by molar-refractivity contribution is -0.315. The quantitative estimate of drug-likeness (QED) is 0.801. The molecule has 1 atom stereocenters. The minimum atomic E-state index is -5.79. The van der Waals surface area contributed by atoms with Crippen LogP contribution in [-0.4, -0.2) is 17.2 Å². The lowest BCUT2D eigenvalue weighted by Gasteiger charge is -2.26. The Morgan fingerprint density at radius 2 is 1.56 bits per heavy atom. The maximum Gasteiger partial charge on any atom is 0.456 e. The number of aryl methyl sites for hydroxylation is 2. The van der Waals surface area contributed by atoms with E-state index in [9.17, 15) is 27.1 Å². The van der Waals surface area contributed by atoms with Gasteiger partial charge in [0.15, 0.2) is 6.10 Å². The zero-order chi connectivity index (χ0) is 14.3. The zero-order valence-electron chi connectivity index (χ0n) is 9.45. The summed E-state index contributed by atoms with van der Waals surface area (Å²) in [5.41, 5.74) is 0.189. The van der Waals surface area contributed by atoms with Crippen molar-refractivity contribution in [3.8, 4) is 0 Å². The highest BCUT2D eigenvalue weighted by molar-refractivity contribution is 9.10. The summed E-state index contributed by atoms with van der Waals surface area (Å²) in [5.74, 6) is -5.18. The molecule has 1 rings (SSSR count). The molecular formula is C11H10BrF5O. The summed E-state index contributed by atoms with van der Waals surface area (Å²) >= 11 is 3.13. The van der Waals surface area contributed by atoms with Crippen LogP contribution in [0.2, 0.25) is 0 Å². The molecule has 102 valence electrons. The van der Waals surface area contributed by atoms with Gasteiger partial charge in [-0.25, -0.2) is 0 Å². The van der Waals surface area contributed by atoms with Crippen LogP contribution in [0.4, 0.5) is 22.0 Å². The monoisotopic (exact) mass is 332 g/mol. The molecule has 0 aliphatic carbocycles. The van der Waals surface area contributed by atoms with Gasteiger partial charge in [-0.2, -0.15) is 22.0 Å². The van der Waals surface area contributed by atoms with Gasteiger partial charge in [-0.15, -0.1) is 0 Å². The van der Waals surface area contributed by atoms with Crippen LogP contribution >= 0.6 is 15.9 Å². The Bertz CT molecular complexity index is 455. The Morgan fingerprint density at radius 3 is 2.00 bits per heavy atom. The van der Waals surface area contributed by atoms with Crippen LogP contribution in [0.1, 0.15) is 22.8 Å². The molecule has 1 N–H and O–H groups in total. The summed E-state index contributed by atoms with van der Waals surface area (Å²) < 4.78 is 63.1. The molecule has 0 saturated carbocycles. The van der Waals surface area contributed by atoms with E-state index in [1.807, 2.05) is 0 Å². The normalized spacial score (nSPS) is 14.7. The summed E-state index contributed by atoms with van der Waals surface area (Å²) in [5, 5.41) is 9.29. The number of hydrogen-bond donors (Lipinski definition) is 1. The standard InChI is InChI=1S/C11H10BrF5O/c1-5-4-8(12)6(2)3-7(5)9(18)10(13,14)11(15,16)17/h3-4,9,18H,1-2H3. The third-order valence-electron chi connectivity index (χ3n) is 2.56. The molecule has 1 nitrogen and oxygen atoms in total. The number of rotatable bonds is 2. The third kappa shape index (κ3) is 2.66. The van der Waals surface area contributed by atoms with E-state index in [2.05, 4.69) is 15.9 Å². The van der Waals surface area contributed by atoms with Crippen LogP contribution in [-0.2, 0) is 0 Å². The van der Waals surface area contributed by atoms with Crippen LogP contribution in [0.15, 0.2) is 16.6 Å². The number of benzene rings is 1. The Hall–Kier alpha value is -0.690. The predicted octanol–water partition coefficient (Wildman–Crippen LogP) is 4.30. The van der Waals surface area contributed by atoms with Crippen molar-refractivity contribution in [2.75, 3.05) is 0 Å². The summed E-state index contributed by atoms with van der Waals surface area (Å²) in [7, 11) is 0. The first-order valence-corrected chi connectivity index (χ1v) is 5.67. The van der Waals surface area contributed by atoms with Gasteiger partial charge < -0.3 is 5.11 Å². The predicted molar refractivity (Wildman–Crippen MR) is 59.6 cm³/mol. The van der Waals surface area contributed by atoms with Gasteiger partial charge in [0.25, 0.3) is 0 Å². The van der Waals surface area contributed by atoms with E-state index in [1.165, 1.54) is 19.9 Å². The Kier molecular flexibility index (Phi) is 4.07. The summed E-state index contributed by atoms with van der Waals surface area (Å²) in [6, 6.07) is 2.50. The maximum absolute atomic E-state index is 13.0. The molecule has 0 aromatic heterocycles. The van der Waals surface area contributed by atoms with Crippen molar-refractivity contribution in [3.05, 3.63) is 33.3 Å². The van der Waals surface area contributed by atoms with E-state index >= 15 is 0 Å². The van der Waals surface area contributed by atoms with Crippen LogP contribution in [0.25, 0.3) is 0 Å². The van der Waals surface area contributed by atoms with Crippen molar-refractivity contribution in [2.45, 2.75) is 32.1 Å². The first-order chi connectivity index (χ1) is 7.98. The van der Waals surface area contributed by atoms with E-state index in [0.29, 0.717) is 10.0 Å². The second-order valence-electron chi connectivity index (χ2n) is 3.98. The van der Waals surface area contributed by atoms with Gasteiger partial charge in [0, 0.05) is 4.47 Å². The highest BCUT2D eigenvalue weighted by atomic mass is 79.9. The molecule has 7 heteroatoms. The van der Waals surface area contributed by atoms with E-state index in [4.69, 9.17) is 0 Å². The van der Waals surface area contributed by atoms with Gasteiger partial charge in [-0.3, -0.25) is 0 Å². The smallest absolute Gasteiger partial charge is 0.382 e. The van der Waals surface area contributed by atoms with Crippen molar-refractivity contribution in [1.82, 2.24) is 0 Å². The van der Waals surface area contributed by atoms with E-state index < -0.39 is 23.8 Å². The van der Waals surface area contributed by atoms with Gasteiger partial charge in [-0.1, -0.05) is 22.0 Å². The highest BCUT2D eigenvalue weighted by Crippen LogP contribution is 2.45. The van der Waals surface area contributed by atoms with Gasteiger partial charge in [0.2, 0.25) is 0 Å². The fraction of sp³-hybridized carbons (Fsp3) is 0.455. The van der Waals surface area contributed by atoms with Gasteiger partial charge in [0.1, 0.15) is 0 Å². The molecule has 18 heavy (non-hydrogen) atoms. The van der Waals surface area contributed by atoms with Crippen LogP contribution in [0.3, 0.4) is 0 Å². The molecule has 0 radical (unpaired) electrons. The van der Waals surface area contributed by atoms with Crippen molar-refractivity contribution in [1.29, 1.82) is 0 Å². The zero-order valence-corrected chi connectivity index (χ0v) is 11.0. The second-order valence-corrected chi connectivity index (χ2v) is 4.84. The average molecular weight is 333 g/mol. The topological polar surface area (TPSA) is 20.2 Å². The highest BCUT2D eigenvalue weighted by Gasteiger charge is 2.62. The van der Waals surface area contributed by atoms with Crippen molar-refractivity contribution in [3.63, 3.8) is 0 Å². The number of alkyl halides is 5. The second kappa shape index (κ2) is 4.77. The molecule has 1 unspecified atom stereocenters. The van der Waals surface area contributed by atoms with Crippen molar-refractivity contribution >= 4 is 15.9 Å². The number of hydrogen-bond acceptors (Lipinski definition) is 1. The van der Waals surface area contributed by atoms with Gasteiger partial charge >= 0.3 is 12.1 Å². The minimum Gasteiger partial charge on any atom is -0.382 e. The van der Waals surface area contributed by atoms with Crippen molar-refractivity contribution in [2.24, 2.45) is 0 Å². The number of aliphatic hydroxyl groups excluding tert-OH is 1.